The molecule has 10 aromatic rings. The molecule has 0 unspecified atom stereocenters. The average molecular weight is 858 g/mol. The van der Waals surface area contributed by atoms with Crippen molar-refractivity contribution in [3.63, 3.8) is 0 Å². The van der Waals surface area contributed by atoms with E-state index >= 15 is 0 Å². The van der Waals surface area contributed by atoms with Crippen LogP contribution in [0.1, 0.15) is 49.9 Å². The molecular formula is C66H51N. The molecule has 2 aliphatic carbocycles. The smallest absolute Gasteiger partial charge is 0.0465 e. The van der Waals surface area contributed by atoms with Crippen LogP contribution in [0.15, 0.2) is 237 Å². The SMILES string of the molecule is CC1(C)c2ccccc2-c2ccc(N(c3ccc(-c4ccccc4-c4ccc(-c5ccccc5)cc4)cc3)c3ccc(-c4ccccc4-c4cccc5c4C(C)(C)c4ccccc4-5)cc3)cc21. The third kappa shape index (κ3) is 6.68. The Kier molecular flexibility index (Phi) is 9.59. The first kappa shape index (κ1) is 40.5. The van der Waals surface area contributed by atoms with Crippen molar-refractivity contribution >= 4 is 17.1 Å². The Bertz CT molecular complexity index is 3480. The highest BCUT2D eigenvalue weighted by molar-refractivity contribution is 5.94. The van der Waals surface area contributed by atoms with E-state index in [9.17, 15) is 0 Å². The van der Waals surface area contributed by atoms with E-state index in [0.717, 1.165) is 17.1 Å². The highest BCUT2D eigenvalue weighted by Gasteiger charge is 2.38. The number of fused-ring (bicyclic) bond motifs is 6. The van der Waals surface area contributed by atoms with Crippen molar-refractivity contribution < 1.29 is 0 Å². The normalized spacial score (nSPS) is 13.6. The summed E-state index contributed by atoms with van der Waals surface area (Å²) in [5.41, 5.74) is 26.2. The number of benzene rings is 10. The number of hydrogen-bond donors (Lipinski definition) is 0. The van der Waals surface area contributed by atoms with E-state index in [0.29, 0.717) is 0 Å². The third-order valence-electron chi connectivity index (χ3n) is 14.7. The lowest BCUT2D eigenvalue weighted by Crippen LogP contribution is -2.16. The van der Waals surface area contributed by atoms with Gasteiger partial charge in [0.25, 0.3) is 0 Å². The molecule has 12 rings (SSSR count). The zero-order valence-corrected chi connectivity index (χ0v) is 38.5. The summed E-state index contributed by atoms with van der Waals surface area (Å²) < 4.78 is 0. The Morgan fingerprint density at radius 3 is 1.16 bits per heavy atom. The van der Waals surface area contributed by atoms with Crippen molar-refractivity contribution in [1.82, 2.24) is 0 Å². The van der Waals surface area contributed by atoms with Crippen molar-refractivity contribution in [2.75, 3.05) is 4.90 Å². The summed E-state index contributed by atoms with van der Waals surface area (Å²) in [5, 5.41) is 0. The summed E-state index contributed by atoms with van der Waals surface area (Å²) in [6, 6.07) is 87.4. The number of hydrogen-bond acceptors (Lipinski definition) is 1. The highest BCUT2D eigenvalue weighted by Crippen LogP contribution is 2.54. The minimum absolute atomic E-state index is 0.114. The largest absolute Gasteiger partial charge is 0.310 e. The van der Waals surface area contributed by atoms with Gasteiger partial charge in [0.15, 0.2) is 0 Å². The summed E-state index contributed by atoms with van der Waals surface area (Å²) in [4.78, 5) is 2.43. The van der Waals surface area contributed by atoms with Gasteiger partial charge in [0, 0.05) is 27.9 Å². The van der Waals surface area contributed by atoms with Crippen LogP contribution in [0.2, 0.25) is 0 Å². The summed E-state index contributed by atoms with van der Waals surface area (Å²) in [6.07, 6.45) is 0. The summed E-state index contributed by atoms with van der Waals surface area (Å²) in [5.74, 6) is 0. The van der Waals surface area contributed by atoms with Crippen LogP contribution in [-0.2, 0) is 10.8 Å². The van der Waals surface area contributed by atoms with Gasteiger partial charge in [-0.15, -0.1) is 0 Å². The Labute approximate surface area is 395 Å². The van der Waals surface area contributed by atoms with Gasteiger partial charge in [-0.2, -0.15) is 0 Å². The Morgan fingerprint density at radius 2 is 0.597 bits per heavy atom. The third-order valence-corrected chi connectivity index (χ3v) is 14.7. The molecule has 67 heavy (non-hydrogen) atoms. The van der Waals surface area contributed by atoms with Crippen LogP contribution in [0.25, 0.3) is 77.9 Å². The molecule has 320 valence electrons. The molecule has 1 nitrogen and oxygen atoms in total. The molecule has 0 spiro atoms. The number of nitrogens with zero attached hydrogens (tertiary/aromatic N) is 1. The van der Waals surface area contributed by atoms with Crippen molar-refractivity contribution in [3.8, 4) is 77.9 Å². The topological polar surface area (TPSA) is 3.24 Å². The van der Waals surface area contributed by atoms with Crippen LogP contribution in [-0.4, -0.2) is 0 Å². The van der Waals surface area contributed by atoms with Gasteiger partial charge in [-0.1, -0.05) is 228 Å². The minimum Gasteiger partial charge on any atom is -0.310 e. The summed E-state index contributed by atoms with van der Waals surface area (Å²) in [6.45, 7) is 9.48. The lowest BCUT2D eigenvalue weighted by Gasteiger charge is -2.28. The molecule has 0 saturated carbocycles. The van der Waals surface area contributed by atoms with E-state index < -0.39 is 0 Å². The van der Waals surface area contributed by atoms with Crippen molar-refractivity contribution in [2.45, 2.75) is 38.5 Å². The maximum Gasteiger partial charge on any atom is 0.0465 e. The van der Waals surface area contributed by atoms with Crippen LogP contribution >= 0.6 is 0 Å². The van der Waals surface area contributed by atoms with Gasteiger partial charge in [-0.3, -0.25) is 0 Å². The fraction of sp³-hybridized carbons (Fsp3) is 0.0909. The van der Waals surface area contributed by atoms with E-state index in [2.05, 4.69) is 269 Å². The Morgan fingerprint density at radius 1 is 0.239 bits per heavy atom. The molecule has 1 heteroatoms. The van der Waals surface area contributed by atoms with Gasteiger partial charge in [-0.05, 0) is 137 Å². The molecule has 0 amide bonds. The van der Waals surface area contributed by atoms with Crippen LogP contribution in [0.3, 0.4) is 0 Å². The minimum atomic E-state index is -0.123. The summed E-state index contributed by atoms with van der Waals surface area (Å²) in [7, 11) is 0. The highest BCUT2D eigenvalue weighted by atomic mass is 15.1. The van der Waals surface area contributed by atoms with Gasteiger partial charge in [0.2, 0.25) is 0 Å². The molecule has 10 aromatic carbocycles. The molecule has 2 aliphatic rings. The van der Waals surface area contributed by atoms with Gasteiger partial charge < -0.3 is 4.90 Å². The zero-order valence-electron chi connectivity index (χ0n) is 38.5. The molecule has 0 fully saturated rings. The van der Waals surface area contributed by atoms with Crippen LogP contribution in [0, 0.1) is 0 Å². The molecule has 0 radical (unpaired) electrons. The standard InChI is InChI=1S/C66H51N/c1-65(2)61-27-14-12-23-56(61)58-42-41-51(43-63(58)65)67(49-37-33-47(34-38-49)53-20-9-8-19-52(53)46-31-29-45(30-32-46)44-17-6-5-7-18-44)50-39-35-48(36-40-50)54-21-10-11-22-55(54)59-25-16-26-60-57-24-13-15-28-62(57)66(3,4)64(59)60/h5-43H,1-4H3. The van der Waals surface area contributed by atoms with E-state index in [1.807, 2.05) is 0 Å². The predicted molar refractivity (Wildman–Crippen MR) is 283 cm³/mol. The maximum absolute atomic E-state index is 2.43. The molecular weight excluding hydrogens is 807 g/mol. The van der Waals surface area contributed by atoms with Crippen molar-refractivity contribution in [1.29, 1.82) is 0 Å². The molecule has 0 aliphatic heterocycles. The quantitative estimate of drug-likeness (QED) is 0.147. The maximum atomic E-state index is 2.43. The number of rotatable bonds is 8. The molecule has 0 atom stereocenters. The molecule has 0 N–H and O–H groups in total. The van der Waals surface area contributed by atoms with Gasteiger partial charge in [0.1, 0.15) is 0 Å². The first-order valence-electron chi connectivity index (χ1n) is 23.6. The van der Waals surface area contributed by atoms with Crippen molar-refractivity contribution in [3.05, 3.63) is 259 Å². The van der Waals surface area contributed by atoms with Gasteiger partial charge in [0.05, 0.1) is 0 Å². The van der Waals surface area contributed by atoms with Crippen LogP contribution in [0.5, 0.6) is 0 Å². The van der Waals surface area contributed by atoms with Gasteiger partial charge in [-0.25, -0.2) is 0 Å². The lowest BCUT2D eigenvalue weighted by molar-refractivity contribution is 0.660. The van der Waals surface area contributed by atoms with Crippen molar-refractivity contribution in [2.24, 2.45) is 0 Å². The van der Waals surface area contributed by atoms with E-state index in [4.69, 9.17) is 0 Å². The fourth-order valence-corrected chi connectivity index (χ4v) is 11.4. The predicted octanol–water partition coefficient (Wildman–Crippen LogP) is 18.1. The summed E-state index contributed by atoms with van der Waals surface area (Å²) >= 11 is 0. The van der Waals surface area contributed by atoms with Crippen LogP contribution in [0.4, 0.5) is 17.1 Å². The average Bonchev–Trinajstić information content (AvgIpc) is 3.76. The first-order chi connectivity index (χ1) is 32.8. The Balaban J connectivity index is 0.935. The molecule has 0 bridgehead atoms. The van der Waals surface area contributed by atoms with Crippen LogP contribution < -0.4 is 4.90 Å². The fourth-order valence-electron chi connectivity index (χ4n) is 11.4. The number of anilines is 3. The molecule has 0 saturated heterocycles. The first-order valence-corrected chi connectivity index (χ1v) is 23.6. The Hall–Kier alpha value is -8.00. The van der Waals surface area contributed by atoms with E-state index in [-0.39, 0.29) is 10.8 Å². The molecule has 0 aromatic heterocycles. The second-order valence-corrected chi connectivity index (χ2v) is 19.3. The molecule has 0 heterocycles. The van der Waals surface area contributed by atoms with E-state index in [1.54, 1.807) is 0 Å². The van der Waals surface area contributed by atoms with Gasteiger partial charge >= 0.3 is 0 Å². The van der Waals surface area contributed by atoms with E-state index in [1.165, 1.54) is 100 Å². The second-order valence-electron chi connectivity index (χ2n) is 19.3. The lowest BCUT2D eigenvalue weighted by atomic mass is 9.78. The zero-order chi connectivity index (χ0) is 45.3. The monoisotopic (exact) mass is 857 g/mol. The second kappa shape index (κ2) is 15.9.